The second kappa shape index (κ2) is 15.1. The Labute approximate surface area is 329 Å². The van der Waals surface area contributed by atoms with E-state index in [4.69, 9.17) is 11.5 Å². The van der Waals surface area contributed by atoms with Crippen molar-refractivity contribution in [1.29, 1.82) is 0 Å². The van der Waals surface area contributed by atoms with Gasteiger partial charge in [-0.3, -0.25) is 0 Å². The number of rotatable bonds is 7. The molecule has 0 saturated carbocycles. The summed E-state index contributed by atoms with van der Waals surface area (Å²) < 4.78 is 69.7. The maximum atomic E-state index is 11.6. The Morgan fingerprint density at radius 1 is 0.480 bits per heavy atom. The van der Waals surface area contributed by atoms with E-state index < -0.39 is 41.5 Å². The summed E-state index contributed by atoms with van der Waals surface area (Å²) in [6.07, 6.45) is 0. The summed E-state index contributed by atoms with van der Waals surface area (Å²) in [5.74, 6) is -0.839. The summed E-state index contributed by atoms with van der Waals surface area (Å²) >= 11 is 0. The standard InChI is InChI=1S/C32H24N6O8S2.2Na/c33-23-11-15-27(47(41,42)43)21-9-13-25(31(39)29(21)23)37-35-19-5-1-17(2-6-19)18-3-7-20(8-4-18)36-38-26-14-10-22-28(48(44,45)46)16-12-24(34)30(22)32(26)40;;/h1-16,39-40H,33-34H2,(H,41,42,43)(H,44,45,46);;/q;2*+1/p-2. The van der Waals surface area contributed by atoms with E-state index in [1.54, 1.807) is 48.5 Å². The van der Waals surface area contributed by atoms with Crippen molar-refractivity contribution in [2.45, 2.75) is 9.79 Å². The van der Waals surface area contributed by atoms with Crippen LogP contribution in [0.1, 0.15) is 0 Å². The van der Waals surface area contributed by atoms with Crippen molar-refractivity contribution in [3.63, 3.8) is 0 Å². The molecule has 6 aromatic rings. The third-order valence-electron chi connectivity index (χ3n) is 7.40. The van der Waals surface area contributed by atoms with Gasteiger partial charge >= 0.3 is 59.1 Å². The van der Waals surface area contributed by atoms with Crippen LogP contribution in [0.3, 0.4) is 0 Å². The normalized spacial score (nSPS) is 12.0. The monoisotopic (exact) mass is 728 g/mol. The van der Waals surface area contributed by atoms with Crippen molar-refractivity contribution in [3.05, 3.63) is 97.1 Å². The number of anilines is 2. The van der Waals surface area contributed by atoms with Crippen LogP contribution in [0.4, 0.5) is 34.1 Å². The Balaban J connectivity index is 0.00000281. The first-order valence-electron chi connectivity index (χ1n) is 13.8. The number of benzene rings is 6. The second-order valence-electron chi connectivity index (χ2n) is 10.4. The average molecular weight is 729 g/mol. The number of hydrogen-bond donors (Lipinski definition) is 4. The average Bonchev–Trinajstić information content (AvgIpc) is 3.03. The van der Waals surface area contributed by atoms with E-state index in [-0.39, 0.29) is 103 Å². The van der Waals surface area contributed by atoms with E-state index >= 15 is 0 Å². The van der Waals surface area contributed by atoms with E-state index in [9.17, 15) is 36.2 Å². The number of hydrogen-bond acceptors (Lipinski definition) is 14. The molecule has 242 valence electrons. The molecule has 50 heavy (non-hydrogen) atoms. The van der Waals surface area contributed by atoms with Gasteiger partial charge in [-0.05, 0) is 71.8 Å². The third-order valence-corrected chi connectivity index (χ3v) is 9.19. The molecule has 0 spiro atoms. The zero-order valence-electron chi connectivity index (χ0n) is 26.3. The minimum absolute atomic E-state index is 0. The van der Waals surface area contributed by atoms with Gasteiger partial charge in [0.1, 0.15) is 31.6 Å². The van der Waals surface area contributed by atoms with Gasteiger partial charge in [0, 0.05) is 22.1 Å². The van der Waals surface area contributed by atoms with E-state index in [1.807, 2.05) is 0 Å². The van der Waals surface area contributed by atoms with Gasteiger partial charge in [0.2, 0.25) is 0 Å². The maximum absolute atomic E-state index is 11.6. The molecule has 0 aliphatic carbocycles. The SMILES string of the molecule is Nc1ccc(S(=O)(=O)[O-])c2ccc(N=Nc3ccc(-c4ccc(N=Nc5ccc6c(S(=O)(=O)[O-])ccc(N)c6c5O)cc4)cc3)c(O)c12.[Na+].[Na+]. The molecule has 0 aliphatic rings. The third kappa shape index (κ3) is 7.84. The number of phenolic OH excluding ortho intramolecular Hbond substituents is 2. The second-order valence-corrected chi connectivity index (χ2v) is 13.1. The molecule has 0 atom stereocenters. The zero-order valence-corrected chi connectivity index (χ0v) is 32.0. The molecule has 0 heterocycles. The van der Waals surface area contributed by atoms with Gasteiger partial charge in [-0.2, -0.15) is 10.2 Å². The largest absolute Gasteiger partial charge is 1.00 e. The molecule has 0 aliphatic heterocycles. The van der Waals surface area contributed by atoms with Crippen LogP contribution in [0, 0.1) is 0 Å². The van der Waals surface area contributed by atoms with Crippen LogP contribution in [0.2, 0.25) is 0 Å². The van der Waals surface area contributed by atoms with Crippen LogP contribution in [-0.2, 0) is 20.2 Å². The summed E-state index contributed by atoms with van der Waals surface area (Å²) in [6.45, 7) is 0. The summed E-state index contributed by atoms with van der Waals surface area (Å²) in [7, 11) is -9.61. The molecular formula is C32H22N6Na2O8S2. The van der Waals surface area contributed by atoms with Crippen LogP contribution in [0.5, 0.6) is 11.5 Å². The first-order chi connectivity index (χ1) is 22.7. The predicted octanol–water partition coefficient (Wildman–Crippen LogP) is 0.883. The van der Waals surface area contributed by atoms with Crippen molar-refractivity contribution in [1.82, 2.24) is 0 Å². The molecule has 0 saturated heterocycles. The van der Waals surface area contributed by atoms with Crippen molar-refractivity contribution in [2.24, 2.45) is 20.5 Å². The van der Waals surface area contributed by atoms with Crippen LogP contribution in [0.25, 0.3) is 32.7 Å². The summed E-state index contributed by atoms with van der Waals surface area (Å²) in [5, 5.41) is 37.8. The van der Waals surface area contributed by atoms with Gasteiger partial charge in [-0.1, -0.05) is 36.4 Å². The number of nitrogens with zero attached hydrogens (tertiary/aromatic N) is 4. The quantitative estimate of drug-likeness (QED) is 0.0781. The van der Waals surface area contributed by atoms with Gasteiger partial charge in [0.25, 0.3) is 0 Å². The van der Waals surface area contributed by atoms with Gasteiger partial charge < -0.3 is 30.8 Å². The van der Waals surface area contributed by atoms with Crippen LogP contribution in [-0.4, -0.2) is 36.2 Å². The molecule has 0 unspecified atom stereocenters. The Morgan fingerprint density at radius 2 is 0.820 bits per heavy atom. The van der Waals surface area contributed by atoms with Gasteiger partial charge in [-0.15, -0.1) is 10.2 Å². The fourth-order valence-corrected chi connectivity index (χ4v) is 6.44. The first-order valence-corrected chi connectivity index (χ1v) is 16.6. The molecular weight excluding hydrogens is 707 g/mol. The van der Waals surface area contributed by atoms with Crippen molar-refractivity contribution < 1.29 is 95.3 Å². The van der Waals surface area contributed by atoms with Crippen LogP contribution in [0.15, 0.2) is 127 Å². The first kappa shape index (κ1) is 38.9. The van der Waals surface area contributed by atoms with Crippen molar-refractivity contribution in [2.75, 3.05) is 11.5 Å². The Hall–Kier alpha value is -3.94. The molecule has 0 bridgehead atoms. The Kier molecular flexibility index (Phi) is 11.8. The van der Waals surface area contributed by atoms with Crippen LogP contribution >= 0.6 is 0 Å². The number of nitrogen functional groups attached to an aromatic ring is 2. The number of nitrogens with two attached hydrogens (primary N) is 2. The minimum atomic E-state index is -4.81. The Morgan fingerprint density at radius 3 is 1.14 bits per heavy atom. The molecule has 6 aromatic carbocycles. The predicted molar refractivity (Wildman–Crippen MR) is 176 cm³/mol. The van der Waals surface area contributed by atoms with Crippen LogP contribution < -0.4 is 70.6 Å². The molecule has 0 amide bonds. The maximum Gasteiger partial charge on any atom is 1.00 e. The summed E-state index contributed by atoms with van der Waals surface area (Å²) in [5.41, 5.74) is 14.6. The molecule has 18 heteroatoms. The Bertz CT molecular complexity index is 2370. The van der Waals surface area contributed by atoms with E-state index in [0.29, 0.717) is 11.4 Å². The molecule has 0 radical (unpaired) electrons. The minimum Gasteiger partial charge on any atom is -0.744 e. The number of phenols is 2. The van der Waals surface area contributed by atoms with E-state index in [0.717, 1.165) is 23.3 Å². The van der Waals surface area contributed by atoms with Crippen molar-refractivity contribution >= 4 is 75.9 Å². The molecule has 14 nitrogen and oxygen atoms in total. The van der Waals surface area contributed by atoms with E-state index in [1.165, 1.54) is 36.4 Å². The van der Waals surface area contributed by atoms with Gasteiger partial charge in [-0.25, -0.2) is 16.8 Å². The molecule has 0 fully saturated rings. The number of fused-ring (bicyclic) bond motifs is 2. The summed E-state index contributed by atoms with van der Waals surface area (Å²) in [4.78, 5) is -1.02. The van der Waals surface area contributed by atoms with Crippen molar-refractivity contribution in [3.8, 4) is 22.6 Å². The smallest absolute Gasteiger partial charge is 0.744 e. The summed E-state index contributed by atoms with van der Waals surface area (Å²) in [6, 6.07) is 23.9. The zero-order chi connectivity index (χ0) is 34.4. The topological polar surface area (TPSA) is 256 Å². The van der Waals surface area contributed by atoms with E-state index in [2.05, 4.69) is 20.5 Å². The fraction of sp³-hybridized carbons (Fsp3) is 0. The fourth-order valence-electron chi connectivity index (χ4n) is 5.09. The molecule has 0 aromatic heterocycles. The molecule has 6 rings (SSSR count). The molecule has 6 N–H and O–H groups in total. The van der Waals surface area contributed by atoms with Gasteiger partial charge in [0.05, 0.1) is 31.9 Å². The van der Waals surface area contributed by atoms with Gasteiger partial charge in [0.15, 0.2) is 11.5 Å². The number of aromatic hydroxyl groups is 2. The number of azo groups is 2.